The molecule has 0 unspecified atom stereocenters. The summed E-state index contributed by atoms with van der Waals surface area (Å²) in [6, 6.07) is -0.642. The number of rotatable bonds is 3. The number of nitrogens with two attached hydrogens (primary N) is 1. The summed E-state index contributed by atoms with van der Waals surface area (Å²) >= 11 is 5.70. The molecule has 3 N–H and O–H groups in total. The number of amides is 1. The molecule has 102 valence electrons. The van der Waals surface area contributed by atoms with Gasteiger partial charge in [0.15, 0.2) is 5.82 Å². The number of nitrogens with zero attached hydrogens (tertiary/aromatic N) is 3. The molecule has 0 spiro atoms. The molecule has 1 aromatic rings. The van der Waals surface area contributed by atoms with Crippen LogP contribution in [0.2, 0.25) is 0 Å². The molecule has 0 saturated carbocycles. The smallest absolute Gasteiger partial charge is 0.333 e. The largest absolute Gasteiger partial charge is 0.373 e. The van der Waals surface area contributed by atoms with Crippen molar-refractivity contribution in [2.24, 2.45) is 0 Å². The monoisotopic (exact) mass is 275 g/mol. The first-order chi connectivity index (χ1) is 8.19. The molecular formula is C10H18ClN5O2. The van der Waals surface area contributed by atoms with Crippen molar-refractivity contribution in [3.05, 3.63) is 16.3 Å². The van der Waals surface area contributed by atoms with Gasteiger partial charge in [-0.25, -0.2) is 9.59 Å². The van der Waals surface area contributed by atoms with E-state index in [0.717, 1.165) is 4.68 Å². The highest BCUT2D eigenvalue weighted by atomic mass is 35.5. The van der Waals surface area contributed by atoms with Crippen LogP contribution in [0.4, 0.5) is 4.79 Å². The fourth-order valence-corrected chi connectivity index (χ4v) is 1.36. The van der Waals surface area contributed by atoms with Gasteiger partial charge in [0.25, 0.3) is 0 Å². The maximum Gasteiger partial charge on any atom is 0.373 e. The minimum atomic E-state index is -0.679. The molecule has 0 saturated heterocycles. The lowest BCUT2D eigenvalue weighted by Gasteiger charge is -2.22. The summed E-state index contributed by atoms with van der Waals surface area (Å²) in [6.07, 6.45) is 0. The molecule has 0 radical (unpaired) electrons. The molecule has 0 aliphatic carbocycles. The maximum atomic E-state index is 11.9. The van der Waals surface area contributed by atoms with Gasteiger partial charge in [-0.2, -0.15) is 4.68 Å². The molecule has 18 heavy (non-hydrogen) atoms. The number of nitrogens with one attached hydrogen (secondary N) is 1. The zero-order valence-corrected chi connectivity index (χ0v) is 11.7. The molecule has 0 aliphatic rings. The quantitative estimate of drug-likeness (QED) is 0.619. The lowest BCUT2D eigenvalue weighted by molar-refractivity contribution is 0.230. The first-order valence-electron chi connectivity index (χ1n) is 5.55. The second-order valence-electron chi connectivity index (χ2n) is 5.02. The van der Waals surface area contributed by atoms with E-state index in [-0.39, 0.29) is 11.8 Å². The third kappa shape index (κ3) is 2.84. The second-order valence-corrected chi connectivity index (χ2v) is 5.29. The summed E-state index contributed by atoms with van der Waals surface area (Å²) in [7, 11) is 0. The Morgan fingerprint density at radius 2 is 2.11 bits per heavy atom. The average molecular weight is 276 g/mol. The van der Waals surface area contributed by atoms with E-state index in [0.29, 0.717) is 10.5 Å². The molecule has 0 aromatic carbocycles. The van der Waals surface area contributed by atoms with E-state index in [9.17, 15) is 9.59 Å². The number of carbonyl (C=O) groups excluding carboxylic acids is 1. The van der Waals surface area contributed by atoms with Crippen molar-refractivity contribution in [3.63, 3.8) is 0 Å². The normalized spacial score (nSPS) is 11.9. The van der Waals surface area contributed by atoms with Crippen LogP contribution >= 0.6 is 11.6 Å². The van der Waals surface area contributed by atoms with Gasteiger partial charge >= 0.3 is 11.7 Å². The molecule has 1 amide bonds. The first-order valence-corrected chi connectivity index (χ1v) is 6.08. The van der Waals surface area contributed by atoms with E-state index >= 15 is 0 Å². The maximum absolute atomic E-state index is 11.9. The zero-order valence-electron chi connectivity index (χ0n) is 10.9. The van der Waals surface area contributed by atoms with Crippen molar-refractivity contribution in [3.8, 4) is 0 Å². The summed E-state index contributed by atoms with van der Waals surface area (Å²) < 4.78 is 1.58. The van der Waals surface area contributed by atoms with Crippen molar-refractivity contribution in [1.29, 1.82) is 0 Å². The van der Waals surface area contributed by atoms with Crippen LogP contribution in [0.15, 0.2) is 4.79 Å². The third-order valence-corrected chi connectivity index (χ3v) is 2.99. The van der Waals surface area contributed by atoms with E-state index < -0.39 is 17.3 Å². The number of alkyl halides is 1. The molecule has 0 fully saturated rings. The van der Waals surface area contributed by atoms with Crippen LogP contribution in [0.1, 0.15) is 39.4 Å². The van der Waals surface area contributed by atoms with E-state index in [4.69, 9.17) is 17.4 Å². The number of aromatic nitrogens is 3. The van der Waals surface area contributed by atoms with E-state index in [1.165, 1.54) is 0 Å². The Kier molecular flexibility index (Phi) is 4.05. The lowest BCUT2D eigenvalue weighted by Crippen LogP contribution is -2.49. The van der Waals surface area contributed by atoms with E-state index in [1.54, 1.807) is 13.8 Å². The van der Waals surface area contributed by atoms with Gasteiger partial charge in [0.05, 0.1) is 0 Å². The summed E-state index contributed by atoms with van der Waals surface area (Å²) in [5, 5.41) is 6.52. The lowest BCUT2D eigenvalue weighted by atomic mass is 10.1. The molecule has 1 rings (SSSR count). The number of carbonyl (C=O) groups is 1. The molecule has 7 nitrogen and oxygen atoms in total. The van der Waals surface area contributed by atoms with Crippen LogP contribution in [-0.4, -0.2) is 31.9 Å². The average Bonchev–Trinajstić information content (AvgIpc) is 2.56. The minimum Gasteiger partial charge on any atom is -0.333 e. The van der Waals surface area contributed by atoms with Crippen LogP contribution in [0.25, 0.3) is 0 Å². The Labute approximate surface area is 110 Å². The minimum absolute atomic E-state index is 0.0576. The third-order valence-electron chi connectivity index (χ3n) is 2.32. The Morgan fingerprint density at radius 3 is 2.50 bits per heavy atom. The number of hydrogen-bond donors (Lipinski definition) is 2. The highest BCUT2D eigenvalue weighted by Gasteiger charge is 2.24. The predicted octanol–water partition coefficient (Wildman–Crippen LogP) is 0.457. The Hall–Kier alpha value is -1.50. The van der Waals surface area contributed by atoms with Crippen LogP contribution in [-0.2, 0) is 0 Å². The van der Waals surface area contributed by atoms with Gasteiger partial charge < -0.3 is 11.2 Å². The summed E-state index contributed by atoms with van der Waals surface area (Å²) in [5.41, 5.74) is -1.31. The fourth-order valence-electron chi connectivity index (χ4n) is 1.30. The first kappa shape index (κ1) is 14.6. The summed E-state index contributed by atoms with van der Waals surface area (Å²) in [6.45, 7) is 7.14. The highest BCUT2D eigenvalue weighted by Crippen LogP contribution is 2.08. The van der Waals surface area contributed by atoms with Crippen molar-refractivity contribution >= 4 is 17.6 Å². The molecule has 8 heteroatoms. The van der Waals surface area contributed by atoms with Crippen LogP contribution in [0.3, 0.4) is 0 Å². The van der Waals surface area contributed by atoms with Gasteiger partial charge in [-0.15, -0.1) is 21.4 Å². The van der Waals surface area contributed by atoms with Gasteiger partial charge in [-0.1, -0.05) is 13.8 Å². The van der Waals surface area contributed by atoms with Gasteiger partial charge in [-0.05, 0) is 13.8 Å². The standard InChI is InChI=1S/C10H18ClN5O2/c1-6(2)7-14-16(9(18)15(7)12)8(17)13-10(3,4)5-11/h6H,5,12H2,1-4H3,(H,13,17). The molecular weight excluding hydrogens is 258 g/mol. The Balaban J connectivity index is 3.08. The number of halogens is 1. The second kappa shape index (κ2) is 5.01. The van der Waals surface area contributed by atoms with Gasteiger partial charge in [-0.3, -0.25) is 0 Å². The Bertz CT molecular complexity index is 503. The molecule has 1 aromatic heterocycles. The molecule has 0 atom stereocenters. The van der Waals surface area contributed by atoms with Crippen LogP contribution in [0, 0.1) is 0 Å². The summed E-state index contributed by atoms with van der Waals surface area (Å²) in [4.78, 5) is 23.6. The highest BCUT2D eigenvalue weighted by molar-refractivity contribution is 6.18. The molecule has 1 heterocycles. The van der Waals surface area contributed by atoms with E-state index in [1.807, 2.05) is 13.8 Å². The van der Waals surface area contributed by atoms with Crippen LogP contribution < -0.4 is 16.8 Å². The number of hydrogen-bond acceptors (Lipinski definition) is 4. The topological polar surface area (TPSA) is 94.9 Å². The molecule has 0 aliphatic heterocycles. The van der Waals surface area contributed by atoms with Crippen molar-refractivity contribution in [1.82, 2.24) is 19.8 Å². The van der Waals surface area contributed by atoms with Gasteiger partial charge in [0, 0.05) is 17.3 Å². The summed E-state index contributed by atoms with van der Waals surface area (Å²) in [5.74, 6) is 6.06. The molecule has 0 bridgehead atoms. The van der Waals surface area contributed by atoms with Crippen molar-refractivity contribution in [2.75, 3.05) is 11.7 Å². The van der Waals surface area contributed by atoms with Crippen molar-refractivity contribution in [2.45, 2.75) is 39.2 Å². The van der Waals surface area contributed by atoms with Gasteiger partial charge in [0.1, 0.15) is 0 Å². The zero-order chi connectivity index (χ0) is 14.1. The predicted molar refractivity (Wildman–Crippen MR) is 69.5 cm³/mol. The number of nitrogen functional groups attached to an aromatic ring is 1. The van der Waals surface area contributed by atoms with Crippen molar-refractivity contribution < 1.29 is 4.79 Å². The van der Waals surface area contributed by atoms with Crippen LogP contribution in [0.5, 0.6) is 0 Å². The van der Waals surface area contributed by atoms with E-state index in [2.05, 4.69) is 10.4 Å². The Morgan fingerprint density at radius 1 is 1.56 bits per heavy atom. The SMILES string of the molecule is CC(C)c1nn(C(=O)NC(C)(C)CCl)c(=O)n1N. The van der Waals surface area contributed by atoms with Gasteiger partial charge in [0.2, 0.25) is 0 Å². The fraction of sp³-hybridized carbons (Fsp3) is 0.700.